The summed E-state index contributed by atoms with van der Waals surface area (Å²) in [6.45, 7) is 6.26. The molecule has 3 aromatic carbocycles. The van der Waals surface area contributed by atoms with Gasteiger partial charge in [-0.2, -0.15) is 0 Å². The molecule has 2 heterocycles. The van der Waals surface area contributed by atoms with Gasteiger partial charge in [0.05, 0.1) is 5.39 Å². The van der Waals surface area contributed by atoms with E-state index in [2.05, 4.69) is 0 Å². The van der Waals surface area contributed by atoms with Crippen LogP contribution in [0.15, 0.2) is 69.9 Å². The standard InChI is InChI=1S/C29H27NO4/c1-18-10-12-22(13-11-18)28-29(26(32)23-16-19(2)15-20(3)27(23)34-28)33-17-25(31)30-14-6-8-21-7-4-5-9-24(21)30/h4-5,7,9-13,15-16H,6,8,14,17H2,1-3H3. The minimum atomic E-state index is -0.268. The average molecular weight is 454 g/mol. The Morgan fingerprint density at radius 2 is 1.76 bits per heavy atom. The number of benzene rings is 3. The van der Waals surface area contributed by atoms with Crippen molar-refractivity contribution in [2.75, 3.05) is 18.1 Å². The number of carbonyl (C=O) groups is 1. The van der Waals surface area contributed by atoms with Crippen LogP contribution < -0.4 is 15.1 Å². The minimum Gasteiger partial charge on any atom is -0.476 e. The predicted molar refractivity (Wildman–Crippen MR) is 135 cm³/mol. The molecule has 0 fully saturated rings. The number of nitrogens with zero attached hydrogens (tertiary/aromatic N) is 1. The second-order valence-electron chi connectivity index (χ2n) is 8.98. The van der Waals surface area contributed by atoms with Crippen LogP contribution in [0.3, 0.4) is 0 Å². The van der Waals surface area contributed by atoms with Gasteiger partial charge in [0.15, 0.2) is 12.4 Å². The van der Waals surface area contributed by atoms with Gasteiger partial charge in [0.1, 0.15) is 5.58 Å². The van der Waals surface area contributed by atoms with E-state index in [4.69, 9.17) is 9.15 Å². The second-order valence-corrected chi connectivity index (χ2v) is 8.98. The van der Waals surface area contributed by atoms with Gasteiger partial charge < -0.3 is 14.1 Å². The second kappa shape index (κ2) is 8.82. The topological polar surface area (TPSA) is 59.8 Å². The number of rotatable bonds is 4. The van der Waals surface area contributed by atoms with Gasteiger partial charge in [-0.3, -0.25) is 9.59 Å². The fourth-order valence-corrected chi connectivity index (χ4v) is 4.66. The molecule has 172 valence electrons. The maximum Gasteiger partial charge on any atom is 0.264 e. The van der Waals surface area contributed by atoms with Gasteiger partial charge in [-0.05, 0) is 62.4 Å². The Morgan fingerprint density at radius 3 is 2.56 bits per heavy atom. The molecule has 0 radical (unpaired) electrons. The summed E-state index contributed by atoms with van der Waals surface area (Å²) in [5.41, 5.74) is 6.01. The lowest BCUT2D eigenvalue weighted by atomic mass is 10.0. The monoisotopic (exact) mass is 453 g/mol. The maximum atomic E-state index is 13.6. The molecule has 0 atom stereocenters. The van der Waals surface area contributed by atoms with Crippen LogP contribution >= 0.6 is 0 Å². The normalized spacial score (nSPS) is 13.1. The molecule has 1 aliphatic heterocycles. The summed E-state index contributed by atoms with van der Waals surface area (Å²) in [5, 5.41) is 0.458. The first-order valence-corrected chi connectivity index (χ1v) is 11.6. The third-order valence-corrected chi connectivity index (χ3v) is 6.35. The number of carbonyl (C=O) groups excluding carboxylic acids is 1. The minimum absolute atomic E-state index is 0.0694. The van der Waals surface area contributed by atoms with Crippen LogP contribution in [-0.2, 0) is 11.2 Å². The zero-order valence-electron chi connectivity index (χ0n) is 19.7. The van der Waals surface area contributed by atoms with E-state index in [0.29, 0.717) is 23.3 Å². The number of fused-ring (bicyclic) bond motifs is 2. The van der Waals surface area contributed by atoms with E-state index in [1.165, 1.54) is 0 Å². The molecule has 0 bridgehead atoms. The summed E-state index contributed by atoms with van der Waals surface area (Å²) >= 11 is 0. The Kier molecular flexibility index (Phi) is 5.70. The van der Waals surface area contributed by atoms with Crippen LogP contribution in [0.2, 0.25) is 0 Å². The van der Waals surface area contributed by atoms with Crippen molar-refractivity contribution < 1.29 is 13.9 Å². The van der Waals surface area contributed by atoms with E-state index in [0.717, 1.165) is 46.3 Å². The van der Waals surface area contributed by atoms with E-state index in [1.807, 2.05) is 81.4 Å². The molecule has 0 saturated carbocycles. The molecule has 0 unspecified atom stereocenters. The van der Waals surface area contributed by atoms with Gasteiger partial charge in [0.2, 0.25) is 11.2 Å². The zero-order valence-corrected chi connectivity index (χ0v) is 19.7. The number of para-hydroxylation sites is 1. The van der Waals surface area contributed by atoms with Crippen LogP contribution in [0.4, 0.5) is 5.69 Å². The number of anilines is 1. The van der Waals surface area contributed by atoms with Crippen molar-refractivity contribution in [3.63, 3.8) is 0 Å². The van der Waals surface area contributed by atoms with Crippen molar-refractivity contribution in [3.05, 3.63) is 93.1 Å². The first-order valence-electron chi connectivity index (χ1n) is 11.6. The summed E-state index contributed by atoms with van der Waals surface area (Å²) in [5.74, 6) is 0.234. The molecule has 0 N–H and O–H groups in total. The highest BCUT2D eigenvalue weighted by Crippen LogP contribution is 2.33. The molecular weight excluding hydrogens is 426 g/mol. The number of hydrogen-bond donors (Lipinski definition) is 0. The fourth-order valence-electron chi connectivity index (χ4n) is 4.66. The van der Waals surface area contributed by atoms with Crippen LogP contribution in [0.25, 0.3) is 22.3 Å². The molecule has 34 heavy (non-hydrogen) atoms. The smallest absolute Gasteiger partial charge is 0.264 e. The Labute approximate surface area is 198 Å². The highest BCUT2D eigenvalue weighted by atomic mass is 16.5. The Bertz CT molecular complexity index is 1450. The highest BCUT2D eigenvalue weighted by Gasteiger charge is 2.25. The van der Waals surface area contributed by atoms with Crippen LogP contribution in [0.5, 0.6) is 5.75 Å². The van der Waals surface area contributed by atoms with Crippen LogP contribution in [0, 0.1) is 20.8 Å². The summed E-state index contributed by atoms with van der Waals surface area (Å²) < 4.78 is 12.2. The molecule has 5 rings (SSSR count). The van der Waals surface area contributed by atoms with Gasteiger partial charge in [-0.25, -0.2) is 0 Å². The van der Waals surface area contributed by atoms with Gasteiger partial charge in [-0.1, -0.05) is 54.1 Å². The van der Waals surface area contributed by atoms with E-state index < -0.39 is 0 Å². The van der Waals surface area contributed by atoms with Gasteiger partial charge >= 0.3 is 0 Å². The van der Waals surface area contributed by atoms with Crippen molar-refractivity contribution in [3.8, 4) is 17.1 Å². The fraction of sp³-hybridized carbons (Fsp3) is 0.241. The maximum absolute atomic E-state index is 13.6. The van der Waals surface area contributed by atoms with Crippen molar-refractivity contribution in [2.24, 2.45) is 0 Å². The Morgan fingerprint density at radius 1 is 1.00 bits per heavy atom. The van der Waals surface area contributed by atoms with E-state index in [9.17, 15) is 9.59 Å². The largest absolute Gasteiger partial charge is 0.476 e. The third kappa shape index (κ3) is 3.98. The number of aryl methyl sites for hydroxylation is 4. The van der Waals surface area contributed by atoms with Gasteiger partial charge in [0, 0.05) is 17.8 Å². The lowest BCUT2D eigenvalue weighted by Crippen LogP contribution is -2.39. The molecule has 0 aliphatic carbocycles. The average Bonchev–Trinajstić information content (AvgIpc) is 2.84. The van der Waals surface area contributed by atoms with Crippen molar-refractivity contribution in [1.29, 1.82) is 0 Å². The van der Waals surface area contributed by atoms with E-state index in [1.54, 1.807) is 4.90 Å². The predicted octanol–water partition coefficient (Wildman–Crippen LogP) is 5.74. The first-order chi connectivity index (χ1) is 16.4. The lowest BCUT2D eigenvalue weighted by molar-refractivity contribution is -0.120. The van der Waals surface area contributed by atoms with E-state index >= 15 is 0 Å². The number of hydrogen-bond acceptors (Lipinski definition) is 4. The molecule has 4 aromatic rings. The lowest BCUT2D eigenvalue weighted by Gasteiger charge is -2.29. The summed E-state index contributed by atoms with van der Waals surface area (Å²) in [7, 11) is 0. The Balaban J connectivity index is 1.55. The molecule has 1 aromatic heterocycles. The van der Waals surface area contributed by atoms with Gasteiger partial charge in [0.25, 0.3) is 5.91 Å². The van der Waals surface area contributed by atoms with Crippen molar-refractivity contribution in [1.82, 2.24) is 0 Å². The molecular formula is C29H27NO4. The van der Waals surface area contributed by atoms with Crippen molar-refractivity contribution in [2.45, 2.75) is 33.6 Å². The molecule has 1 amide bonds. The molecule has 0 saturated heterocycles. The summed E-state index contributed by atoms with van der Waals surface area (Å²) in [6, 6.07) is 19.4. The summed E-state index contributed by atoms with van der Waals surface area (Å²) in [6.07, 6.45) is 1.85. The van der Waals surface area contributed by atoms with E-state index in [-0.39, 0.29) is 23.7 Å². The number of ether oxygens (including phenoxy) is 1. The highest BCUT2D eigenvalue weighted by molar-refractivity contribution is 5.96. The molecule has 0 spiro atoms. The van der Waals surface area contributed by atoms with Crippen LogP contribution in [-0.4, -0.2) is 19.1 Å². The summed E-state index contributed by atoms with van der Waals surface area (Å²) in [4.78, 5) is 28.5. The van der Waals surface area contributed by atoms with Crippen molar-refractivity contribution >= 4 is 22.6 Å². The third-order valence-electron chi connectivity index (χ3n) is 6.35. The van der Waals surface area contributed by atoms with Crippen LogP contribution in [0.1, 0.15) is 28.7 Å². The van der Waals surface area contributed by atoms with Gasteiger partial charge in [-0.15, -0.1) is 0 Å². The zero-order chi connectivity index (χ0) is 23.8. The Hall–Kier alpha value is -3.86. The number of amides is 1. The quantitative estimate of drug-likeness (QED) is 0.395. The SMILES string of the molecule is Cc1ccc(-c2oc3c(C)cc(C)cc3c(=O)c2OCC(=O)N2CCCc3ccccc32)cc1. The molecule has 5 heteroatoms. The molecule has 1 aliphatic rings. The first kappa shape index (κ1) is 22.0. The molecule has 5 nitrogen and oxygen atoms in total.